The van der Waals surface area contributed by atoms with E-state index >= 15 is 0 Å². The smallest absolute Gasteiger partial charge is 0.270 e. The molecule has 0 spiro atoms. The van der Waals surface area contributed by atoms with Crippen molar-refractivity contribution in [3.05, 3.63) is 73.3 Å². The highest BCUT2D eigenvalue weighted by Gasteiger charge is 2.15. The van der Waals surface area contributed by atoms with Gasteiger partial charge in [-0.2, -0.15) is 0 Å². The average molecular weight is 396 g/mol. The van der Waals surface area contributed by atoms with Crippen molar-refractivity contribution in [3.8, 4) is 0 Å². The van der Waals surface area contributed by atoms with Crippen LogP contribution in [0.15, 0.2) is 48.5 Å². The SMILES string of the molecule is CCNC(Cc1ccc([N+](=O)[O-])cc1I)c1ccccc1. The van der Waals surface area contributed by atoms with Crippen molar-refractivity contribution in [2.45, 2.75) is 19.4 Å². The van der Waals surface area contributed by atoms with Crippen LogP contribution in [0.25, 0.3) is 0 Å². The second-order valence-electron chi connectivity index (χ2n) is 4.76. The van der Waals surface area contributed by atoms with E-state index in [-0.39, 0.29) is 16.7 Å². The first-order valence-electron chi connectivity index (χ1n) is 6.83. The molecule has 2 rings (SSSR count). The third kappa shape index (κ3) is 4.25. The highest BCUT2D eigenvalue weighted by atomic mass is 127. The van der Waals surface area contributed by atoms with Gasteiger partial charge in [0.25, 0.3) is 5.69 Å². The van der Waals surface area contributed by atoms with E-state index in [0.717, 1.165) is 22.1 Å². The van der Waals surface area contributed by atoms with Crippen LogP contribution in [0.3, 0.4) is 0 Å². The Bertz CT molecular complexity index is 617. The summed E-state index contributed by atoms with van der Waals surface area (Å²) in [4.78, 5) is 10.4. The van der Waals surface area contributed by atoms with Gasteiger partial charge in [-0.05, 0) is 46.7 Å². The van der Waals surface area contributed by atoms with E-state index in [4.69, 9.17) is 0 Å². The standard InChI is InChI=1S/C16H17IN2O2/c1-2-18-16(12-6-4-3-5-7-12)10-13-8-9-14(19(20)21)11-15(13)17/h3-9,11,16,18H,2,10H2,1H3. The lowest BCUT2D eigenvalue weighted by atomic mass is 9.98. The number of hydrogen-bond donors (Lipinski definition) is 1. The lowest BCUT2D eigenvalue weighted by molar-refractivity contribution is -0.385. The Morgan fingerprint density at radius 2 is 1.95 bits per heavy atom. The molecule has 2 aromatic carbocycles. The van der Waals surface area contributed by atoms with E-state index in [9.17, 15) is 10.1 Å². The fourth-order valence-electron chi connectivity index (χ4n) is 2.27. The van der Waals surface area contributed by atoms with Crippen LogP contribution in [0.1, 0.15) is 24.1 Å². The molecule has 0 radical (unpaired) electrons. The highest BCUT2D eigenvalue weighted by Crippen LogP contribution is 2.25. The van der Waals surface area contributed by atoms with Crippen LogP contribution in [0.5, 0.6) is 0 Å². The Kier molecular flexibility index (Phi) is 5.69. The Morgan fingerprint density at radius 3 is 2.52 bits per heavy atom. The van der Waals surface area contributed by atoms with E-state index in [1.165, 1.54) is 5.56 Å². The molecule has 1 atom stereocenters. The number of halogens is 1. The number of nitrogens with zero attached hydrogens (tertiary/aromatic N) is 1. The fraction of sp³-hybridized carbons (Fsp3) is 0.250. The molecular weight excluding hydrogens is 379 g/mol. The van der Waals surface area contributed by atoms with Gasteiger partial charge in [0.2, 0.25) is 0 Å². The zero-order valence-electron chi connectivity index (χ0n) is 11.8. The Hall–Kier alpha value is -1.47. The van der Waals surface area contributed by atoms with Crippen molar-refractivity contribution in [1.82, 2.24) is 5.32 Å². The normalized spacial score (nSPS) is 12.1. The van der Waals surface area contributed by atoms with Crippen molar-refractivity contribution in [2.24, 2.45) is 0 Å². The van der Waals surface area contributed by atoms with Gasteiger partial charge in [-0.3, -0.25) is 10.1 Å². The molecule has 5 heteroatoms. The number of benzene rings is 2. The number of nitro benzene ring substituents is 1. The van der Waals surface area contributed by atoms with Crippen LogP contribution in [0.2, 0.25) is 0 Å². The van der Waals surface area contributed by atoms with E-state index in [1.54, 1.807) is 12.1 Å². The van der Waals surface area contributed by atoms with Gasteiger partial charge in [0, 0.05) is 21.7 Å². The van der Waals surface area contributed by atoms with Gasteiger partial charge in [0.05, 0.1) is 4.92 Å². The molecule has 0 bridgehead atoms. The number of likely N-dealkylation sites (N-methyl/N-ethyl adjacent to an activating group) is 1. The minimum absolute atomic E-state index is 0.142. The van der Waals surface area contributed by atoms with Gasteiger partial charge in [-0.25, -0.2) is 0 Å². The molecular formula is C16H17IN2O2. The summed E-state index contributed by atoms with van der Waals surface area (Å²) >= 11 is 2.17. The lowest BCUT2D eigenvalue weighted by Gasteiger charge is -2.19. The molecule has 0 heterocycles. The average Bonchev–Trinajstić information content (AvgIpc) is 2.49. The van der Waals surface area contributed by atoms with Crippen molar-refractivity contribution in [3.63, 3.8) is 0 Å². The second-order valence-corrected chi connectivity index (χ2v) is 5.92. The molecule has 0 aliphatic heterocycles. The predicted molar refractivity (Wildman–Crippen MR) is 92.4 cm³/mol. The van der Waals surface area contributed by atoms with Crippen LogP contribution in [0.4, 0.5) is 5.69 Å². The summed E-state index contributed by atoms with van der Waals surface area (Å²) < 4.78 is 0.931. The number of nitro groups is 1. The molecule has 0 saturated heterocycles. The zero-order chi connectivity index (χ0) is 15.2. The third-order valence-electron chi connectivity index (χ3n) is 3.32. The predicted octanol–water partition coefficient (Wildman–Crippen LogP) is 4.09. The Morgan fingerprint density at radius 1 is 1.24 bits per heavy atom. The monoisotopic (exact) mass is 396 g/mol. The fourth-order valence-corrected chi connectivity index (χ4v) is 2.99. The van der Waals surface area contributed by atoms with Crippen LogP contribution in [0, 0.1) is 13.7 Å². The largest absolute Gasteiger partial charge is 0.310 e. The van der Waals surface area contributed by atoms with Gasteiger partial charge in [0.1, 0.15) is 0 Å². The topological polar surface area (TPSA) is 55.2 Å². The van der Waals surface area contributed by atoms with E-state index < -0.39 is 0 Å². The van der Waals surface area contributed by atoms with Gasteiger partial charge in [-0.15, -0.1) is 0 Å². The minimum atomic E-state index is -0.356. The molecule has 110 valence electrons. The van der Waals surface area contributed by atoms with Crippen LogP contribution in [-0.4, -0.2) is 11.5 Å². The molecule has 0 aliphatic rings. The maximum Gasteiger partial charge on any atom is 0.270 e. The Balaban J connectivity index is 2.23. The molecule has 0 saturated carbocycles. The molecule has 0 aromatic heterocycles. The first-order chi connectivity index (χ1) is 10.1. The highest BCUT2D eigenvalue weighted by molar-refractivity contribution is 14.1. The molecule has 0 amide bonds. The zero-order valence-corrected chi connectivity index (χ0v) is 13.9. The van der Waals surface area contributed by atoms with Crippen LogP contribution in [-0.2, 0) is 6.42 Å². The van der Waals surface area contributed by atoms with Crippen LogP contribution >= 0.6 is 22.6 Å². The quantitative estimate of drug-likeness (QED) is 0.455. The summed E-state index contributed by atoms with van der Waals surface area (Å²) in [5.74, 6) is 0. The van der Waals surface area contributed by atoms with Crippen LogP contribution < -0.4 is 5.32 Å². The summed E-state index contributed by atoms with van der Waals surface area (Å²) in [6.07, 6.45) is 0.814. The van der Waals surface area contributed by atoms with Gasteiger partial charge >= 0.3 is 0 Å². The summed E-state index contributed by atoms with van der Waals surface area (Å²) in [7, 11) is 0. The first kappa shape index (κ1) is 15.9. The van der Waals surface area contributed by atoms with E-state index in [1.807, 2.05) is 24.3 Å². The third-order valence-corrected chi connectivity index (χ3v) is 4.33. The maximum absolute atomic E-state index is 10.8. The van der Waals surface area contributed by atoms with Gasteiger partial charge in [-0.1, -0.05) is 43.3 Å². The van der Waals surface area contributed by atoms with Gasteiger partial charge < -0.3 is 5.32 Å². The molecule has 4 nitrogen and oxygen atoms in total. The van der Waals surface area contributed by atoms with Gasteiger partial charge in [0.15, 0.2) is 0 Å². The first-order valence-corrected chi connectivity index (χ1v) is 7.91. The van der Waals surface area contributed by atoms with Crippen molar-refractivity contribution < 1.29 is 4.92 Å². The maximum atomic E-state index is 10.8. The summed E-state index contributed by atoms with van der Waals surface area (Å²) in [5, 5.41) is 14.3. The minimum Gasteiger partial charge on any atom is -0.310 e. The molecule has 1 N–H and O–H groups in total. The second kappa shape index (κ2) is 7.51. The van der Waals surface area contributed by atoms with Crippen molar-refractivity contribution in [1.29, 1.82) is 0 Å². The van der Waals surface area contributed by atoms with E-state index in [2.05, 4.69) is 47.0 Å². The summed E-state index contributed by atoms with van der Waals surface area (Å²) in [6, 6.07) is 15.5. The summed E-state index contributed by atoms with van der Waals surface area (Å²) in [5.41, 5.74) is 2.49. The number of non-ortho nitro benzene ring substituents is 1. The molecule has 21 heavy (non-hydrogen) atoms. The molecule has 2 aromatic rings. The van der Waals surface area contributed by atoms with E-state index in [0.29, 0.717) is 0 Å². The number of nitrogens with one attached hydrogen (secondary N) is 1. The van der Waals surface area contributed by atoms with Crippen molar-refractivity contribution in [2.75, 3.05) is 6.54 Å². The molecule has 0 fully saturated rings. The number of hydrogen-bond acceptors (Lipinski definition) is 3. The Labute approximate surface area is 137 Å². The summed E-state index contributed by atoms with van der Waals surface area (Å²) in [6.45, 7) is 2.96. The molecule has 0 aliphatic carbocycles. The lowest BCUT2D eigenvalue weighted by Crippen LogP contribution is -2.23. The molecule has 1 unspecified atom stereocenters. The number of rotatable bonds is 6. The van der Waals surface area contributed by atoms with Crippen molar-refractivity contribution >= 4 is 28.3 Å².